The van der Waals surface area contributed by atoms with Crippen LogP contribution < -0.4 is 25.7 Å². The van der Waals surface area contributed by atoms with Gasteiger partial charge in [-0.2, -0.15) is 5.10 Å². The van der Waals surface area contributed by atoms with Crippen molar-refractivity contribution in [2.45, 2.75) is 52.8 Å². The fourth-order valence-corrected chi connectivity index (χ4v) is 5.29. The fourth-order valence-electron chi connectivity index (χ4n) is 4.96. The lowest BCUT2D eigenvalue weighted by Crippen LogP contribution is -2.29. The smallest absolute Gasteiger partial charge is 0.320 e. The van der Waals surface area contributed by atoms with Gasteiger partial charge < -0.3 is 24.5 Å². The number of carbonyl (C=O) groups excluding carboxylic acids is 1. The number of phenols is 1. The highest BCUT2D eigenvalue weighted by atomic mass is 35.5. The van der Waals surface area contributed by atoms with Gasteiger partial charge in [-0.15, -0.1) is 0 Å². The molecule has 0 saturated heterocycles. The van der Waals surface area contributed by atoms with Crippen LogP contribution in [0.2, 0.25) is 10.0 Å². The summed E-state index contributed by atoms with van der Waals surface area (Å²) in [5.41, 5.74) is 3.89. The van der Waals surface area contributed by atoms with Crippen LogP contribution in [-0.4, -0.2) is 32.6 Å². The zero-order valence-corrected chi connectivity index (χ0v) is 28.8. The number of nitrogens with zero attached hydrogens (tertiary/aromatic N) is 3. The minimum atomic E-state index is -0.454. The number of amides is 2. The molecule has 48 heavy (non-hydrogen) atoms. The summed E-state index contributed by atoms with van der Waals surface area (Å²) in [6.45, 7) is 8.56. The molecule has 2 heterocycles. The molecule has 0 spiro atoms. The maximum Gasteiger partial charge on any atom is 0.320 e. The summed E-state index contributed by atoms with van der Waals surface area (Å²) in [6.07, 6.45) is 0. The third-order valence-electron chi connectivity index (χ3n) is 7.75. The summed E-state index contributed by atoms with van der Waals surface area (Å²) in [6, 6.07) is 22.8. The van der Waals surface area contributed by atoms with Gasteiger partial charge in [0, 0.05) is 35.9 Å². The van der Waals surface area contributed by atoms with Gasteiger partial charge in [-0.05, 0) is 47.9 Å². The van der Waals surface area contributed by atoms with Crippen molar-refractivity contribution in [3.8, 4) is 22.9 Å². The number of methoxy groups -OCH3 is 1. The summed E-state index contributed by atoms with van der Waals surface area (Å²) in [4.78, 5) is 26.3. The second-order valence-corrected chi connectivity index (χ2v) is 13.1. The third kappa shape index (κ3) is 7.95. The summed E-state index contributed by atoms with van der Waals surface area (Å²) in [5.74, 6) is 1.34. The molecule has 0 saturated carbocycles. The number of hydrogen-bond donors (Lipinski definition) is 3. The Morgan fingerprint density at radius 1 is 0.979 bits per heavy atom. The van der Waals surface area contributed by atoms with Crippen LogP contribution >= 0.6 is 23.2 Å². The quantitative estimate of drug-likeness (QED) is 0.139. The number of aromatic nitrogens is 3. The molecule has 12 heteroatoms. The molecule has 2 amide bonds. The van der Waals surface area contributed by atoms with Gasteiger partial charge in [0.2, 0.25) is 0 Å². The van der Waals surface area contributed by atoms with Crippen molar-refractivity contribution in [1.82, 2.24) is 19.7 Å². The second-order valence-electron chi connectivity index (χ2n) is 12.3. The Kier molecular flexibility index (Phi) is 10.4. The molecule has 0 aliphatic heterocycles. The molecule has 0 unspecified atom stereocenters. The molecule has 250 valence electrons. The van der Waals surface area contributed by atoms with Crippen LogP contribution in [0.15, 0.2) is 83.7 Å². The van der Waals surface area contributed by atoms with E-state index in [0.717, 1.165) is 28.1 Å². The number of aryl methyl sites for hydroxylation is 1. The van der Waals surface area contributed by atoms with Gasteiger partial charge in [-0.3, -0.25) is 10.1 Å². The van der Waals surface area contributed by atoms with Gasteiger partial charge in [-0.25, -0.2) is 9.48 Å². The van der Waals surface area contributed by atoms with E-state index in [9.17, 15) is 14.7 Å². The first-order chi connectivity index (χ1) is 22.8. The average Bonchev–Trinajstić information content (AvgIpc) is 3.49. The molecule has 5 rings (SSSR count). The molecule has 5 aromatic rings. The number of nitrogens with one attached hydrogen (secondary N) is 2. The Balaban J connectivity index is 1.27. The van der Waals surface area contributed by atoms with E-state index in [0.29, 0.717) is 23.7 Å². The molecule has 3 N–H and O–H groups in total. The minimum Gasteiger partial charge on any atom is -0.506 e. The molecule has 0 radical (unpaired) electrons. The Morgan fingerprint density at radius 3 is 2.35 bits per heavy atom. The largest absolute Gasteiger partial charge is 0.506 e. The van der Waals surface area contributed by atoms with Crippen LogP contribution in [0.25, 0.3) is 5.69 Å². The number of carbonyl (C=O) groups is 1. The van der Waals surface area contributed by atoms with E-state index in [1.54, 1.807) is 40.6 Å². The average molecular weight is 691 g/mol. The van der Waals surface area contributed by atoms with E-state index >= 15 is 0 Å². The van der Waals surface area contributed by atoms with Crippen molar-refractivity contribution in [1.29, 1.82) is 0 Å². The molecular weight excluding hydrogens is 653 g/mol. The molecule has 10 nitrogen and oxygen atoms in total. The third-order valence-corrected chi connectivity index (χ3v) is 8.42. The number of ether oxygens (including phenoxy) is 2. The van der Waals surface area contributed by atoms with Gasteiger partial charge >= 0.3 is 6.03 Å². The number of pyridine rings is 1. The minimum absolute atomic E-state index is 0.00987. The maximum atomic E-state index is 13.2. The molecule has 0 bridgehead atoms. The summed E-state index contributed by atoms with van der Waals surface area (Å²) < 4.78 is 14.4. The molecule has 2 aromatic heterocycles. The normalized spacial score (nSPS) is 11.3. The van der Waals surface area contributed by atoms with Crippen molar-refractivity contribution >= 4 is 35.1 Å². The Bertz CT molecular complexity index is 2000. The van der Waals surface area contributed by atoms with Gasteiger partial charge in [0.05, 0.1) is 30.1 Å². The van der Waals surface area contributed by atoms with Gasteiger partial charge in [-0.1, -0.05) is 80.4 Å². The SMILES string of the molecule is COc1ccc(Cn2c(C)cc(OCc3ccccc3CNC(=O)Nc3cc(C(C)(C)C)nn3-c3ccc(Cl)c(O)c3)c(Cl)c2=O)cc1. The predicted molar refractivity (Wildman–Crippen MR) is 188 cm³/mol. The highest BCUT2D eigenvalue weighted by Gasteiger charge is 2.22. The molecule has 0 atom stereocenters. The number of benzene rings is 3. The van der Waals surface area contributed by atoms with Crippen LogP contribution in [0, 0.1) is 6.92 Å². The Labute approximate surface area is 288 Å². The van der Waals surface area contributed by atoms with E-state index in [-0.39, 0.29) is 45.7 Å². The number of anilines is 1. The molecule has 0 aliphatic rings. The van der Waals surface area contributed by atoms with Crippen molar-refractivity contribution in [3.05, 3.63) is 127 Å². The highest BCUT2D eigenvalue weighted by molar-refractivity contribution is 6.32. The number of aromatic hydroxyl groups is 1. The monoisotopic (exact) mass is 689 g/mol. The lowest BCUT2D eigenvalue weighted by atomic mass is 9.92. The lowest BCUT2D eigenvalue weighted by molar-refractivity contribution is 0.251. The van der Waals surface area contributed by atoms with Crippen LogP contribution in [0.3, 0.4) is 0 Å². The van der Waals surface area contributed by atoms with Crippen molar-refractivity contribution < 1.29 is 19.4 Å². The molecule has 3 aromatic carbocycles. The van der Waals surface area contributed by atoms with E-state index in [2.05, 4.69) is 15.7 Å². The Hall–Kier alpha value is -4.93. The number of halogens is 2. The number of urea groups is 1. The van der Waals surface area contributed by atoms with Crippen LogP contribution in [-0.2, 0) is 25.1 Å². The summed E-state index contributed by atoms with van der Waals surface area (Å²) >= 11 is 12.5. The number of phenolic OH excluding ortho intramolecular Hbond substituents is 1. The highest BCUT2D eigenvalue weighted by Crippen LogP contribution is 2.30. The van der Waals surface area contributed by atoms with E-state index in [1.165, 1.54) is 6.07 Å². The zero-order valence-electron chi connectivity index (χ0n) is 27.3. The van der Waals surface area contributed by atoms with Crippen LogP contribution in [0.1, 0.15) is 48.8 Å². The van der Waals surface area contributed by atoms with Crippen molar-refractivity contribution in [2.75, 3.05) is 12.4 Å². The second kappa shape index (κ2) is 14.5. The van der Waals surface area contributed by atoms with Gasteiger partial charge in [0.1, 0.15) is 34.7 Å². The molecular formula is C36H37Cl2N5O5. The molecule has 0 fully saturated rings. The summed E-state index contributed by atoms with van der Waals surface area (Å²) in [7, 11) is 1.60. The molecule has 0 aliphatic carbocycles. The Morgan fingerprint density at radius 2 is 1.69 bits per heavy atom. The van der Waals surface area contributed by atoms with Crippen LogP contribution in [0.4, 0.5) is 10.6 Å². The first kappa shape index (κ1) is 34.4. The standard InChI is InChI=1S/C36H37Cl2N5O5/c1-22-16-30(33(38)34(45)42(22)20-23-10-13-27(47-5)14-11-23)48-21-25-9-7-6-8-24(25)19-39-35(46)40-32-18-31(36(2,3)4)41-43(32)26-12-15-28(37)29(44)17-26/h6-18,44H,19-21H2,1-5H3,(H2,39,40,46). The number of hydrogen-bond acceptors (Lipinski definition) is 6. The maximum absolute atomic E-state index is 13.2. The van der Waals surface area contributed by atoms with Crippen molar-refractivity contribution in [2.24, 2.45) is 0 Å². The van der Waals surface area contributed by atoms with Gasteiger partial charge in [0.25, 0.3) is 5.56 Å². The van der Waals surface area contributed by atoms with E-state index in [1.807, 2.05) is 76.2 Å². The first-order valence-corrected chi connectivity index (χ1v) is 16.0. The topological polar surface area (TPSA) is 120 Å². The van der Waals surface area contributed by atoms with E-state index in [4.69, 9.17) is 32.7 Å². The number of rotatable bonds is 10. The zero-order chi connectivity index (χ0) is 34.6. The van der Waals surface area contributed by atoms with E-state index < -0.39 is 6.03 Å². The summed E-state index contributed by atoms with van der Waals surface area (Å²) in [5, 5.41) is 20.8. The lowest BCUT2D eigenvalue weighted by Gasteiger charge is -2.16. The van der Waals surface area contributed by atoms with Crippen LogP contribution in [0.5, 0.6) is 17.2 Å². The fraction of sp³-hybridized carbons (Fsp3) is 0.250. The predicted octanol–water partition coefficient (Wildman–Crippen LogP) is 7.61. The first-order valence-electron chi connectivity index (χ1n) is 15.2. The van der Waals surface area contributed by atoms with Gasteiger partial charge in [0.15, 0.2) is 0 Å². The van der Waals surface area contributed by atoms with Crippen molar-refractivity contribution in [3.63, 3.8) is 0 Å².